The van der Waals surface area contributed by atoms with Crippen LogP contribution in [0.5, 0.6) is 0 Å². The molecule has 0 unspecified atom stereocenters. The third-order valence-corrected chi connectivity index (χ3v) is 5.56. The fraction of sp³-hybridized carbons (Fsp3) is 0.133. The van der Waals surface area contributed by atoms with Gasteiger partial charge in [-0.3, -0.25) is 14.9 Å². The standard InChI is InChI=1S/C15H14BrN3O5S/c1-18(10-15(20)17-12-7-5-11(16)6-8-12)25(23,24)14-4-2-3-13(9-14)19(21)22/h2-9H,10H2,1H3,(H,17,20). The second kappa shape index (κ2) is 7.72. The molecular formula is C15H14BrN3O5S. The maximum Gasteiger partial charge on any atom is 0.270 e. The Hall–Kier alpha value is -2.30. The zero-order valence-corrected chi connectivity index (χ0v) is 15.5. The lowest BCUT2D eigenvalue weighted by Crippen LogP contribution is -2.35. The average molecular weight is 428 g/mol. The fourth-order valence-corrected chi connectivity index (χ4v) is 3.39. The summed E-state index contributed by atoms with van der Waals surface area (Å²) in [6, 6.07) is 11.5. The number of anilines is 1. The SMILES string of the molecule is CN(CC(=O)Nc1ccc(Br)cc1)S(=O)(=O)c1cccc([N+](=O)[O-])c1. The van der Waals surface area contributed by atoms with Gasteiger partial charge in [-0.2, -0.15) is 4.31 Å². The van der Waals surface area contributed by atoms with Crippen LogP contribution >= 0.6 is 15.9 Å². The van der Waals surface area contributed by atoms with Gasteiger partial charge in [0, 0.05) is 29.3 Å². The highest BCUT2D eigenvalue weighted by atomic mass is 79.9. The van der Waals surface area contributed by atoms with Crippen LogP contribution in [-0.2, 0) is 14.8 Å². The molecule has 0 bridgehead atoms. The first-order valence-corrected chi connectivity index (χ1v) is 9.19. The number of hydrogen-bond donors (Lipinski definition) is 1. The number of nitrogens with zero attached hydrogens (tertiary/aromatic N) is 2. The molecule has 0 aliphatic heterocycles. The van der Waals surface area contributed by atoms with E-state index in [2.05, 4.69) is 21.2 Å². The number of likely N-dealkylation sites (N-methyl/N-ethyl adjacent to an activating group) is 1. The van der Waals surface area contributed by atoms with Crippen LogP contribution in [-0.4, -0.2) is 37.1 Å². The summed E-state index contributed by atoms with van der Waals surface area (Å²) in [5.41, 5.74) is 0.183. The lowest BCUT2D eigenvalue weighted by molar-refractivity contribution is -0.385. The van der Waals surface area contributed by atoms with Gasteiger partial charge < -0.3 is 5.32 Å². The molecule has 2 aromatic rings. The van der Waals surface area contributed by atoms with E-state index < -0.39 is 27.4 Å². The molecule has 0 atom stereocenters. The van der Waals surface area contributed by atoms with E-state index in [1.165, 1.54) is 25.2 Å². The monoisotopic (exact) mass is 427 g/mol. The van der Waals surface area contributed by atoms with E-state index in [1.807, 2.05) is 0 Å². The first kappa shape index (κ1) is 19.0. The second-order valence-corrected chi connectivity index (χ2v) is 8.03. The third kappa shape index (κ3) is 4.84. The van der Waals surface area contributed by atoms with E-state index in [0.717, 1.165) is 14.8 Å². The molecule has 2 rings (SSSR count). The lowest BCUT2D eigenvalue weighted by Gasteiger charge is -2.16. The van der Waals surface area contributed by atoms with Crippen LogP contribution < -0.4 is 5.32 Å². The number of nitrogens with one attached hydrogen (secondary N) is 1. The zero-order valence-electron chi connectivity index (χ0n) is 13.0. The molecule has 25 heavy (non-hydrogen) atoms. The maximum absolute atomic E-state index is 12.5. The van der Waals surface area contributed by atoms with Crippen molar-refractivity contribution in [3.8, 4) is 0 Å². The highest BCUT2D eigenvalue weighted by Crippen LogP contribution is 2.20. The minimum atomic E-state index is -4.03. The molecule has 10 heteroatoms. The summed E-state index contributed by atoms with van der Waals surface area (Å²) in [6.45, 7) is -0.429. The Morgan fingerprint density at radius 2 is 1.88 bits per heavy atom. The second-order valence-electron chi connectivity index (χ2n) is 5.07. The molecule has 0 aliphatic rings. The number of nitro groups is 1. The van der Waals surface area contributed by atoms with Gasteiger partial charge in [0.2, 0.25) is 15.9 Å². The first-order valence-electron chi connectivity index (χ1n) is 6.96. The molecule has 0 fully saturated rings. The van der Waals surface area contributed by atoms with Gasteiger partial charge in [-0.15, -0.1) is 0 Å². The van der Waals surface area contributed by atoms with Crippen LogP contribution in [0.3, 0.4) is 0 Å². The largest absolute Gasteiger partial charge is 0.325 e. The molecule has 0 saturated heterocycles. The number of amides is 1. The first-order chi connectivity index (χ1) is 11.7. The summed E-state index contributed by atoms with van der Waals surface area (Å²) in [5.74, 6) is -0.529. The van der Waals surface area contributed by atoms with Crippen LogP contribution in [0.2, 0.25) is 0 Å². The van der Waals surface area contributed by atoms with Gasteiger partial charge in [0.1, 0.15) is 0 Å². The van der Waals surface area contributed by atoms with E-state index in [0.29, 0.717) is 5.69 Å². The number of carbonyl (C=O) groups excluding carboxylic acids is 1. The van der Waals surface area contributed by atoms with Crippen molar-refractivity contribution in [2.45, 2.75) is 4.90 Å². The summed E-state index contributed by atoms with van der Waals surface area (Å²) in [5, 5.41) is 13.4. The van der Waals surface area contributed by atoms with Gasteiger partial charge in [0.15, 0.2) is 0 Å². The van der Waals surface area contributed by atoms with Crippen LogP contribution in [0.15, 0.2) is 57.9 Å². The summed E-state index contributed by atoms with van der Waals surface area (Å²) < 4.78 is 26.6. The highest BCUT2D eigenvalue weighted by Gasteiger charge is 2.24. The smallest absolute Gasteiger partial charge is 0.270 e. The molecule has 0 spiro atoms. The molecule has 132 valence electrons. The van der Waals surface area contributed by atoms with Gasteiger partial charge in [0.05, 0.1) is 16.4 Å². The van der Waals surface area contributed by atoms with E-state index in [1.54, 1.807) is 24.3 Å². The fourth-order valence-electron chi connectivity index (χ4n) is 1.96. The number of rotatable bonds is 6. The summed E-state index contributed by atoms with van der Waals surface area (Å²) in [4.78, 5) is 21.9. The number of benzene rings is 2. The van der Waals surface area contributed by atoms with Gasteiger partial charge in [-0.05, 0) is 30.3 Å². The minimum Gasteiger partial charge on any atom is -0.325 e. The highest BCUT2D eigenvalue weighted by molar-refractivity contribution is 9.10. The molecule has 8 nitrogen and oxygen atoms in total. The Kier molecular flexibility index (Phi) is 5.88. The van der Waals surface area contributed by atoms with Crippen molar-refractivity contribution in [1.29, 1.82) is 0 Å². The average Bonchev–Trinajstić information content (AvgIpc) is 2.57. The quantitative estimate of drug-likeness (QED) is 0.562. The number of halogens is 1. The Morgan fingerprint density at radius 3 is 2.48 bits per heavy atom. The van der Waals surface area contributed by atoms with Crippen molar-refractivity contribution < 1.29 is 18.1 Å². The Balaban J connectivity index is 2.11. The van der Waals surface area contributed by atoms with Crippen molar-refractivity contribution in [3.05, 3.63) is 63.1 Å². The van der Waals surface area contributed by atoms with Gasteiger partial charge in [-0.25, -0.2) is 8.42 Å². The molecule has 2 aromatic carbocycles. The van der Waals surface area contributed by atoms with Crippen molar-refractivity contribution >= 4 is 43.2 Å². The zero-order chi connectivity index (χ0) is 18.6. The Labute approximate surface area is 152 Å². The number of non-ortho nitro benzene ring substituents is 1. The Morgan fingerprint density at radius 1 is 1.24 bits per heavy atom. The molecule has 1 amide bonds. The summed E-state index contributed by atoms with van der Waals surface area (Å²) in [7, 11) is -2.80. The number of sulfonamides is 1. The molecular weight excluding hydrogens is 414 g/mol. The molecule has 0 aliphatic carbocycles. The summed E-state index contributed by atoms with van der Waals surface area (Å²) in [6.07, 6.45) is 0. The lowest BCUT2D eigenvalue weighted by atomic mass is 10.3. The molecule has 0 radical (unpaired) electrons. The predicted molar refractivity (Wildman–Crippen MR) is 95.7 cm³/mol. The minimum absolute atomic E-state index is 0.249. The van der Waals surface area contributed by atoms with Crippen molar-refractivity contribution in [3.63, 3.8) is 0 Å². The van der Waals surface area contributed by atoms with Crippen LogP contribution in [0.4, 0.5) is 11.4 Å². The number of carbonyl (C=O) groups is 1. The third-order valence-electron chi connectivity index (χ3n) is 3.23. The number of hydrogen-bond acceptors (Lipinski definition) is 5. The normalized spacial score (nSPS) is 11.3. The maximum atomic E-state index is 12.5. The van der Waals surface area contributed by atoms with Gasteiger partial charge in [-0.1, -0.05) is 22.0 Å². The molecule has 0 heterocycles. The van der Waals surface area contributed by atoms with E-state index in [-0.39, 0.29) is 10.6 Å². The predicted octanol–water partition coefficient (Wildman–Crippen LogP) is 2.62. The van der Waals surface area contributed by atoms with Crippen LogP contribution in [0, 0.1) is 10.1 Å². The van der Waals surface area contributed by atoms with E-state index in [4.69, 9.17) is 0 Å². The van der Waals surface area contributed by atoms with Crippen molar-refractivity contribution in [1.82, 2.24) is 4.31 Å². The van der Waals surface area contributed by atoms with E-state index in [9.17, 15) is 23.3 Å². The van der Waals surface area contributed by atoms with Crippen molar-refractivity contribution in [2.24, 2.45) is 0 Å². The molecule has 0 aromatic heterocycles. The van der Waals surface area contributed by atoms with Gasteiger partial charge >= 0.3 is 0 Å². The van der Waals surface area contributed by atoms with Gasteiger partial charge in [0.25, 0.3) is 5.69 Å². The Bertz CT molecular complexity index is 900. The number of nitro benzene ring substituents is 1. The summed E-state index contributed by atoms with van der Waals surface area (Å²) >= 11 is 3.27. The molecule has 0 saturated carbocycles. The van der Waals surface area contributed by atoms with Crippen LogP contribution in [0.25, 0.3) is 0 Å². The topological polar surface area (TPSA) is 110 Å². The van der Waals surface area contributed by atoms with Crippen LogP contribution in [0.1, 0.15) is 0 Å². The molecule has 1 N–H and O–H groups in total. The van der Waals surface area contributed by atoms with Crippen molar-refractivity contribution in [2.75, 3.05) is 18.9 Å². The van der Waals surface area contributed by atoms with E-state index >= 15 is 0 Å².